The minimum atomic E-state index is -3.21. The van der Waals surface area contributed by atoms with E-state index in [4.69, 9.17) is 11.1 Å². The van der Waals surface area contributed by atoms with Gasteiger partial charge in [0.15, 0.2) is 0 Å². The summed E-state index contributed by atoms with van der Waals surface area (Å²) in [6.45, 7) is 8.31. The molecule has 1 atom stereocenters. The number of amidine groups is 1. The summed E-state index contributed by atoms with van der Waals surface area (Å²) >= 11 is 0. The number of nitrogens with one attached hydrogen (secondary N) is 1. The van der Waals surface area contributed by atoms with E-state index >= 15 is 0 Å². The fraction of sp³-hybridized carbons (Fsp3) is 0.909. The number of hydrogen-bond acceptors (Lipinski definition) is 3. The van der Waals surface area contributed by atoms with Crippen molar-refractivity contribution >= 4 is 15.9 Å². The van der Waals surface area contributed by atoms with Gasteiger partial charge in [-0.05, 0) is 12.3 Å². The van der Waals surface area contributed by atoms with Crippen molar-refractivity contribution < 1.29 is 8.42 Å². The molecule has 5 nitrogen and oxygen atoms in total. The van der Waals surface area contributed by atoms with E-state index in [2.05, 4.69) is 0 Å². The Labute approximate surface area is 105 Å². The maximum absolute atomic E-state index is 12.0. The smallest absolute Gasteiger partial charge is 0.214 e. The summed E-state index contributed by atoms with van der Waals surface area (Å²) in [6, 6.07) is 0. The van der Waals surface area contributed by atoms with Gasteiger partial charge in [-0.25, -0.2) is 12.7 Å². The zero-order valence-electron chi connectivity index (χ0n) is 11.2. The van der Waals surface area contributed by atoms with Crippen LogP contribution in [0, 0.1) is 17.2 Å². The van der Waals surface area contributed by atoms with Crippen molar-refractivity contribution in [2.75, 3.05) is 18.8 Å². The topological polar surface area (TPSA) is 87.2 Å². The lowest BCUT2D eigenvalue weighted by Gasteiger charge is -2.23. The number of hydrogen-bond donors (Lipinski definition) is 2. The first kappa shape index (κ1) is 16.4. The molecule has 102 valence electrons. The minimum absolute atomic E-state index is 0.0301. The van der Waals surface area contributed by atoms with Crippen molar-refractivity contribution in [3.05, 3.63) is 0 Å². The summed E-state index contributed by atoms with van der Waals surface area (Å²) < 4.78 is 25.5. The second-order valence-electron chi connectivity index (χ2n) is 4.81. The van der Waals surface area contributed by atoms with Gasteiger partial charge in [0.1, 0.15) is 0 Å². The number of sulfonamides is 1. The van der Waals surface area contributed by atoms with E-state index in [0.717, 1.165) is 0 Å². The highest BCUT2D eigenvalue weighted by atomic mass is 32.2. The third kappa shape index (κ3) is 6.02. The van der Waals surface area contributed by atoms with Gasteiger partial charge < -0.3 is 5.73 Å². The molecule has 0 heterocycles. The molecular formula is C11H25N3O2S. The lowest BCUT2D eigenvalue weighted by molar-refractivity contribution is 0.401. The lowest BCUT2D eigenvalue weighted by Crippen LogP contribution is -2.39. The van der Waals surface area contributed by atoms with Crippen molar-refractivity contribution in [3.63, 3.8) is 0 Å². The van der Waals surface area contributed by atoms with Gasteiger partial charge in [-0.15, -0.1) is 0 Å². The van der Waals surface area contributed by atoms with Gasteiger partial charge in [0.2, 0.25) is 10.0 Å². The van der Waals surface area contributed by atoms with Crippen molar-refractivity contribution in [2.24, 2.45) is 17.6 Å². The van der Waals surface area contributed by atoms with Crippen LogP contribution in [0.5, 0.6) is 0 Å². The Morgan fingerprint density at radius 2 is 1.88 bits per heavy atom. The monoisotopic (exact) mass is 263 g/mol. The number of nitrogens with zero attached hydrogens (tertiary/aromatic N) is 1. The largest absolute Gasteiger partial charge is 0.387 e. The summed E-state index contributed by atoms with van der Waals surface area (Å²) in [4.78, 5) is 0. The van der Waals surface area contributed by atoms with Gasteiger partial charge in [0.25, 0.3) is 0 Å². The maximum atomic E-state index is 12.0. The molecule has 17 heavy (non-hydrogen) atoms. The van der Waals surface area contributed by atoms with Crippen LogP contribution < -0.4 is 5.73 Å². The van der Waals surface area contributed by atoms with E-state index < -0.39 is 10.0 Å². The number of nitrogens with two attached hydrogens (primary N) is 1. The fourth-order valence-corrected chi connectivity index (χ4v) is 3.23. The molecule has 0 bridgehead atoms. The molecule has 0 aromatic heterocycles. The molecule has 0 aromatic carbocycles. The van der Waals surface area contributed by atoms with Gasteiger partial charge in [0.05, 0.1) is 11.6 Å². The molecule has 0 radical (unpaired) electrons. The molecule has 0 amide bonds. The van der Waals surface area contributed by atoms with Crippen LogP contribution in [0.1, 0.15) is 34.1 Å². The average Bonchev–Trinajstić information content (AvgIpc) is 2.22. The average molecular weight is 263 g/mol. The zero-order chi connectivity index (χ0) is 13.6. The second-order valence-corrected chi connectivity index (χ2v) is 6.89. The summed E-state index contributed by atoms with van der Waals surface area (Å²) in [6.07, 6.45) is 0.660. The van der Waals surface area contributed by atoms with E-state index in [9.17, 15) is 8.42 Å². The van der Waals surface area contributed by atoms with Crippen molar-refractivity contribution in [2.45, 2.75) is 34.1 Å². The number of rotatable bonds is 8. The van der Waals surface area contributed by atoms with Crippen LogP contribution in [0.15, 0.2) is 0 Å². The molecule has 1 unspecified atom stereocenters. The second kappa shape index (κ2) is 6.96. The van der Waals surface area contributed by atoms with Gasteiger partial charge in [-0.2, -0.15) is 0 Å². The van der Waals surface area contributed by atoms with Crippen LogP contribution in [0.2, 0.25) is 0 Å². The van der Waals surface area contributed by atoms with Crippen LogP contribution in [-0.2, 0) is 10.0 Å². The highest BCUT2D eigenvalue weighted by Crippen LogP contribution is 2.10. The Morgan fingerprint density at radius 3 is 2.24 bits per heavy atom. The Hall–Kier alpha value is -0.620. The van der Waals surface area contributed by atoms with Gasteiger partial charge in [-0.3, -0.25) is 5.41 Å². The predicted octanol–water partition coefficient (Wildman–Crippen LogP) is 1.26. The first-order chi connectivity index (χ1) is 7.70. The highest BCUT2D eigenvalue weighted by molar-refractivity contribution is 7.89. The molecule has 3 N–H and O–H groups in total. The summed E-state index contributed by atoms with van der Waals surface area (Å²) in [5, 5.41) is 7.30. The minimum Gasteiger partial charge on any atom is -0.387 e. The third-order valence-corrected chi connectivity index (χ3v) is 4.65. The maximum Gasteiger partial charge on any atom is 0.214 e. The van der Waals surface area contributed by atoms with Crippen LogP contribution in [0.3, 0.4) is 0 Å². The first-order valence-electron chi connectivity index (χ1n) is 6.02. The van der Waals surface area contributed by atoms with E-state index in [0.29, 0.717) is 25.4 Å². The van der Waals surface area contributed by atoms with Crippen molar-refractivity contribution in [1.82, 2.24) is 4.31 Å². The Kier molecular flexibility index (Phi) is 6.70. The normalized spacial score (nSPS) is 14.2. The standard InChI is InChI=1S/C11H25N3O2S/c1-5-14(8-10(4)11(12)13)17(15,16)7-6-9(2)3/h9-10H,5-8H2,1-4H3,(H3,12,13). The summed E-state index contributed by atoms with van der Waals surface area (Å²) in [5.74, 6) is 0.336. The van der Waals surface area contributed by atoms with Crippen LogP contribution >= 0.6 is 0 Å². The van der Waals surface area contributed by atoms with Crippen LogP contribution in [-0.4, -0.2) is 37.4 Å². The molecule has 0 aliphatic rings. The van der Waals surface area contributed by atoms with Gasteiger partial charge in [0, 0.05) is 19.0 Å². The third-order valence-electron chi connectivity index (χ3n) is 2.71. The predicted molar refractivity (Wildman–Crippen MR) is 71.6 cm³/mol. The van der Waals surface area contributed by atoms with E-state index in [1.165, 1.54) is 4.31 Å². The molecule has 0 spiro atoms. The lowest BCUT2D eigenvalue weighted by atomic mass is 10.1. The van der Waals surface area contributed by atoms with E-state index in [1.54, 1.807) is 13.8 Å². The van der Waals surface area contributed by atoms with E-state index in [-0.39, 0.29) is 17.5 Å². The molecule has 0 aliphatic heterocycles. The Bertz CT molecular complexity index is 339. The molecular weight excluding hydrogens is 238 g/mol. The van der Waals surface area contributed by atoms with Crippen LogP contribution in [0.25, 0.3) is 0 Å². The Balaban J connectivity index is 4.58. The quantitative estimate of drug-likeness (QED) is 0.510. The molecule has 0 aromatic rings. The fourth-order valence-electron chi connectivity index (χ4n) is 1.36. The zero-order valence-corrected chi connectivity index (χ0v) is 12.0. The van der Waals surface area contributed by atoms with Crippen LogP contribution in [0.4, 0.5) is 0 Å². The van der Waals surface area contributed by atoms with Crippen molar-refractivity contribution in [3.8, 4) is 0 Å². The van der Waals surface area contributed by atoms with E-state index in [1.807, 2.05) is 13.8 Å². The van der Waals surface area contributed by atoms with Gasteiger partial charge >= 0.3 is 0 Å². The van der Waals surface area contributed by atoms with Crippen molar-refractivity contribution in [1.29, 1.82) is 5.41 Å². The summed E-state index contributed by atoms with van der Waals surface area (Å²) in [5.41, 5.74) is 5.37. The highest BCUT2D eigenvalue weighted by Gasteiger charge is 2.23. The Morgan fingerprint density at radius 1 is 1.35 bits per heavy atom. The molecule has 0 rings (SSSR count). The molecule has 0 saturated heterocycles. The molecule has 6 heteroatoms. The molecule has 0 fully saturated rings. The SMILES string of the molecule is CCN(CC(C)C(=N)N)S(=O)(=O)CCC(C)C. The van der Waals surface area contributed by atoms with Gasteiger partial charge in [-0.1, -0.05) is 27.7 Å². The molecule has 0 saturated carbocycles. The first-order valence-corrected chi connectivity index (χ1v) is 7.63. The molecule has 0 aliphatic carbocycles. The summed E-state index contributed by atoms with van der Waals surface area (Å²) in [7, 11) is -3.21.